The van der Waals surface area contributed by atoms with E-state index in [1.807, 2.05) is 38.1 Å². The highest BCUT2D eigenvalue weighted by molar-refractivity contribution is 6.04. The zero-order valence-electron chi connectivity index (χ0n) is 15.4. The minimum absolute atomic E-state index is 0.0437. The molecular weight excluding hydrogens is 330 g/mol. The molecule has 1 aliphatic heterocycles. The van der Waals surface area contributed by atoms with Crippen molar-refractivity contribution in [3.05, 3.63) is 48.4 Å². The Bertz CT molecular complexity index is 770. The molecule has 0 fully saturated rings. The van der Waals surface area contributed by atoms with Crippen molar-refractivity contribution in [2.45, 2.75) is 26.8 Å². The van der Waals surface area contributed by atoms with Crippen molar-refractivity contribution in [3.63, 3.8) is 0 Å². The molecule has 0 aliphatic carbocycles. The van der Waals surface area contributed by atoms with Crippen molar-refractivity contribution in [1.29, 1.82) is 0 Å². The molecule has 3 rings (SSSR count). The van der Waals surface area contributed by atoms with Crippen LogP contribution in [0.3, 0.4) is 0 Å². The SMILES string of the molecule is CCN1CCN(C(=O)C(NC(=O)c2ccco2)C(C)C)c2ccccc21. The molecule has 6 heteroatoms. The Morgan fingerprint density at radius 1 is 1.12 bits per heavy atom. The fourth-order valence-electron chi connectivity index (χ4n) is 3.28. The predicted octanol–water partition coefficient (Wildman–Crippen LogP) is 2.91. The lowest BCUT2D eigenvalue weighted by molar-refractivity contribution is -0.121. The average molecular weight is 355 g/mol. The summed E-state index contributed by atoms with van der Waals surface area (Å²) in [6.07, 6.45) is 1.45. The first-order chi connectivity index (χ1) is 12.5. The maximum Gasteiger partial charge on any atom is 0.287 e. The second-order valence-electron chi connectivity index (χ2n) is 6.73. The van der Waals surface area contributed by atoms with Crippen molar-refractivity contribution in [1.82, 2.24) is 5.32 Å². The highest BCUT2D eigenvalue weighted by Gasteiger charge is 2.33. The van der Waals surface area contributed by atoms with Crippen LogP contribution in [0.4, 0.5) is 11.4 Å². The monoisotopic (exact) mass is 355 g/mol. The Balaban J connectivity index is 1.85. The van der Waals surface area contributed by atoms with Crippen LogP contribution in [-0.4, -0.2) is 37.5 Å². The smallest absolute Gasteiger partial charge is 0.287 e. The molecule has 138 valence electrons. The molecule has 26 heavy (non-hydrogen) atoms. The van der Waals surface area contributed by atoms with Gasteiger partial charge < -0.3 is 19.5 Å². The number of likely N-dealkylation sites (N-methyl/N-ethyl adjacent to an activating group) is 1. The third-order valence-corrected chi connectivity index (χ3v) is 4.72. The number of hydrogen-bond acceptors (Lipinski definition) is 4. The van der Waals surface area contributed by atoms with Crippen molar-refractivity contribution in [2.75, 3.05) is 29.4 Å². The summed E-state index contributed by atoms with van der Waals surface area (Å²) in [5, 5.41) is 2.83. The van der Waals surface area contributed by atoms with E-state index in [9.17, 15) is 9.59 Å². The van der Waals surface area contributed by atoms with Gasteiger partial charge in [0.05, 0.1) is 17.6 Å². The minimum atomic E-state index is -0.617. The van der Waals surface area contributed by atoms with Crippen molar-refractivity contribution in [2.24, 2.45) is 5.92 Å². The first-order valence-electron chi connectivity index (χ1n) is 9.02. The zero-order valence-corrected chi connectivity index (χ0v) is 15.4. The molecule has 1 unspecified atom stereocenters. The lowest BCUT2D eigenvalue weighted by Gasteiger charge is -2.39. The third kappa shape index (κ3) is 3.45. The number of rotatable bonds is 5. The van der Waals surface area contributed by atoms with Crippen molar-refractivity contribution < 1.29 is 14.0 Å². The number of benzene rings is 1. The quantitative estimate of drug-likeness (QED) is 0.896. The molecule has 1 atom stereocenters. The lowest BCUT2D eigenvalue weighted by Crippen LogP contribution is -2.54. The van der Waals surface area contributed by atoms with Crippen molar-refractivity contribution in [3.8, 4) is 0 Å². The van der Waals surface area contributed by atoms with Crippen LogP contribution in [-0.2, 0) is 4.79 Å². The zero-order chi connectivity index (χ0) is 18.7. The number of carbonyl (C=O) groups is 2. The van der Waals surface area contributed by atoms with Gasteiger partial charge in [-0.1, -0.05) is 26.0 Å². The summed E-state index contributed by atoms with van der Waals surface area (Å²) in [6.45, 7) is 8.23. The number of fused-ring (bicyclic) bond motifs is 1. The first kappa shape index (κ1) is 18.0. The van der Waals surface area contributed by atoms with E-state index in [4.69, 9.17) is 4.42 Å². The standard InChI is InChI=1S/C20H25N3O3/c1-4-22-11-12-23(16-9-6-5-8-15(16)22)20(25)18(14(2)3)21-19(24)17-10-7-13-26-17/h5-10,13-14,18H,4,11-12H2,1-3H3,(H,21,24). The van der Waals surface area contributed by atoms with E-state index in [1.165, 1.54) is 6.26 Å². The van der Waals surface area contributed by atoms with Gasteiger partial charge in [0.25, 0.3) is 5.91 Å². The highest BCUT2D eigenvalue weighted by Crippen LogP contribution is 2.33. The lowest BCUT2D eigenvalue weighted by atomic mass is 10.0. The van der Waals surface area contributed by atoms with Gasteiger partial charge in [-0.3, -0.25) is 9.59 Å². The Kier molecular flexibility index (Phi) is 5.30. The van der Waals surface area contributed by atoms with Gasteiger partial charge in [-0.2, -0.15) is 0 Å². The average Bonchev–Trinajstić information content (AvgIpc) is 3.19. The van der Waals surface area contributed by atoms with E-state index in [1.54, 1.807) is 17.0 Å². The number of anilines is 2. The first-order valence-corrected chi connectivity index (χ1v) is 9.02. The Labute approximate surface area is 153 Å². The molecule has 1 aliphatic rings. The van der Waals surface area contributed by atoms with Crippen LogP contribution in [0.5, 0.6) is 0 Å². The topological polar surface area (TPSA) is 65.8 Å². The van der Waals surface area contributed by atoms with E-state index >= 15 is 0 Å². The van der Waals surface area contributed by atoms with Gasteiger partial charge in [0.1, 0.15) is 6.04 Å². The number of amides is 2. The number of nitrogens with one attached hydrogen (secondary N) is 1. The van der Waals surface area contributed by atoms with Gasteiger partial charge in [0, 0.05) is 19.6 Å². The second-order valence-corrected chi connectivity index (χ2v) is 6.73. The van der Waals surface area contributed by atoms with Crippen LogP contribution in [0.25, 0.3) is 0 Å². The molecular formula is C20H25N3O3. The normalized spacial score (nSPS) is 14.9. The third-order valence-electron chi connectivity index (χ3n) is 4.72. The number of hydrogen-bond donors (Lipinski definition) is 1. The van der Waals surface area contributed by atoms with E-state index in [0.717, 1.165) is 24.5 Å². The van der Waals surface area contributed by atoms with Crippen LogP contribution in [0, 0.1) is 5.92 Å². The van der Waals surface area contributed by atoms with Gasteiger partial charge in [-0.15, -0.1) is 0 Å². The molecule has 0 saturated carbocycles. The molecule has 0 spiro atoms. The Hall–Kier alpha value is -2.76. The minimum Gasteiger partial charge on any atom is -0.459 e. The van der Waals surface area contributed by atoms with Crippen LogP contribution in [0.15, 0.2) is 47.1 Å². The van der Waals surface area contributed by atoms with Crippen LogP contribution in [0.1, 0.15) is 31.3 Å². The second kappa shape index (κ2) is 7.64. The fourth-order valence-corrected chi connectivity index (χ4v) is 3.28. The maximum atomic E-state index is 13.3. The van der Waals surface area contributed by atoms with Gasteiger partial charge in [0.15, 0.2) is 5.76 Å². The highest BCUT2D eigenvalue weighted by atomic mass is 16.3. The van der Waals surface area contributed by atoms with E-state index < -0.39 is 6.04 Å². The van der Waals surface area contributed by atoms with Gasteiger partial charge in [0.2, 0.25) is 5.91 Å². The van der Waals surface area contributed by atoms with Crippen LogP contribution < -0.4 is 15.1 Å². The van der Waals surface area contributed by atoms with Crippen LogP contribution in [0.2, 0.25) is 0 Å². The molecule has 0 bridgehead atoms. The van der Waals surface area contributed by atoms with E-state index in [0.29, 0.717) is 6.54 Å². The summed E-state index contributed by atoms with van der Waals surface area (Å²) in [7, 11) is 0. The largest absolute Gasteiger partial charge is 0.459 e. The number of para-hydroxylation sites is 2. The summed E-state index contributed by atoms with van der Waals surface area (Å²) < 4.78 is 5.14. The fraction of sp³-hybridized carbons (Fsp3) is 0.400. The summed E-state index contributed by atoms with van der Waals surface area (Å²) in [6, 6.07) is 10.5. The molecule has 1 aromatic carbocycles. The van der Waals surface area contributed by atoms with Crippen LogP contribution >= 0.6 is 0 Å². The Morgan fingerprint density at radius 2 is 1.85 bits per heavy atom. The summed E-state index contributed by atoms with van der Waals surface area (Å²) in [5.41, 5.74) is 1.94. The number of nitrogens with zero attached hydrogens (tertiary/aromatic N) is 2. The molecule has 0 saturated heterocycles. The van der Waals surface area contributed by atoms with E-state index in [2.05, 4.69) is 17.1 Å². The molecule has 0 radical (unpaired) electrons. The van der Waals surface area contributed by atoms with Gasteiger partial charge in [-0.25, -0.2) is 0 Å². The summed E-state index contributed by atoms with van der Waals surface area (Å²) in [4.78, 5) is 29.7. The van der Waals surface area contributed by atoms with Gasteiger partial charge in [-0.05, 0) is 37.1 Å². The molecule has 6 nitrogen and oxygen atoms in total. The molecule has 1 aromatic heterocycles. The summed E-state index contributed by atoms with van der Waals surface area (Å²) in [5.74, 6) is -0.303. The number of furan rings is 1. The van der Waals surface area contributed by atoms with Crippen molar-refractivity contribution >= 4 is 23.2 Å². The number of carbonyl (C=O) groups excluding carboxylic acids is 2. The maximum absolute atomic E-state index is 13.3. The predicted molar refractivity (Wildman–Crippen MR) is 101 cm³/mol. The Morgan fingerprint density at radius 3 is 2.46 bits per heavy atom. The summed E-state index contributed by atoms with van der Waals surface area (Å²) >= 11 is 0. The molecule has 2 heterocycles. The molecule has 2 aromatic rings. The van der Waals surface area contributed by atoms with E-state index in [-0.39, 0.29) is 23.5 Å². The molecule has 2 amide bonds. The molecule has 1 N–H and O–H groups in total. The van der Waals surface area contributed by atoms with Gasteiger partial charge >= 0.3 is 0 Å².